The average molecular weight is 337 g/mol. The van der Waals surface area contributed by atoms with E-state index in [1.165, 1.54) is 0 Å². The first-order chi connectivity index (χ1) is 11.5. The van der Waals surface area contributed by atoms with E-state index in [9.17, 15) is 4.79 Å². The van der Waals surface area contributed by atoms with Gasteiger partial charge in [-0.1, -0.05) is 18.2 Å². The molecule has 0 unspecified atom stereocenters. The van der Waals surface area contributed by atoms with Gasteiger partial charge in [-0.15, -0.1) is 11.3 Å². The van der Waals surface area contributed by atoms with Gasteiger partial charge in [0, 0.05) is 17.0 Å². The second kappa shape index (κ2) is 5.67. The average Bonchev–Trinajstić information content (AvgIpc) is 3.25. The van der Waals surface area contributed by atoms with Gasteiger partial charge in [0.05, 0.1) is 11.1 Å². The molecule has 0 atom stereocenters. The fourth-order valence-corrected chi connectivity index (χ4v) is 3.67. The van der Waals surface area contributed by atoms with Crippen LogP contribution in [0, 0.1) is 0 Å². The van der Waals surface area contributed by atoms with Crippen molar-refractivity contribution in [2.24, 2.45) is 0 Å². The lowest BCUT2D eigenvalue weighted by atomic mass is 10.0. The zero-order valence-electron chi connectivity index (χ0n) is 13.7. The van der Waals surface area contributed by atoms with E-state index in [2.05, 4.69) is 27.4 Å². The molecule has 4 rings (SSSR count). The third kappa shape index (κ3) is 2.80. The number of hydrogen-bond donors (Lipinski definition) is 1. The zero-order chi connectivity index (χ0) is 16.7. The fraction of sp³-hybridized carbons (Fsp3) is 0.316. The normalized spacial score (nSPS) is 14.8. The van der Waals surface area contributed by atoms with Crippen molar-refractivity contribution in [1.82, 2.24) is 15.3 Å². The maximum Gasteiger partial charge on any atom is 0.270 e. The zero-order valence-corrected chi connectivity index (χ0v) is 14.6. The second-order valence-corrected chi connectivity index (χ2v) is 7.70. The number of para-hydroxylation sites is 1. The predicted octanol–water partition coefficient (Wildman–Crippen LogP) is 4.23. The molecular formula is C19H19N3OS. The van der Waals surface area contributed by atoms with Crippen molar-refractivity contribution in [3.05, 3.63) is 58.2 Å². The number of amides is 1. The van der Waals surface area contributed by atoms with E-state index in [0.29, 0.717) is 11.6 Å². The SMILES string of the molecule is CC(C)(NC(=O)c1nc2ccccc2cc1C1CC1)c1nccs1. The topological polar surface area (TPSA) is 54.9 Å². The minimum Gasteiger partial charge on any atom is -0.339 e. The van der Waals surface area contributed by atoms with Gasteiger partial charge in [-0.05, 0) is 50.3 Å². The number of rotatable bonds is 4. The van der Waals surface area contributed by atoms with Crippen molar-refractivity contribution >= 4 is 28.1 Å². The van der Waals surface area contributed by atoms with Gasteiger partial charge >= 0.3 is 0 Å². The van der Waals surface area contributed by atoms with E-state index in [0.717, 1.165) is 34.3 Å². The largest absolute Gasteiger partial charge is 0.339 e. The lowest BCUT2D eigenvalue weighted by molar-refractivity contribution is 0.0906. The van der Waals surface area contributed by atoms with Crippen LogP contribution in [0.4, 0.5) is 0 Å². The van der Waals surface area contributed by atoms with Crippen LogP contribution in [-0.2, 0) is 5.54 Å². The summed E-state index contributed by atoms with van der Waals surface area (Å²) < 4.78 is 0. The van der Waals surface area contributed by atoms with E-state index < -0.39 is 5.54 Å². The molecule has 1 aliphatic carbocycles. The Labute approximate surface area is 145 Å². The molecule has 0 aliphatic heterocycles. The number of aromatic nitrogens is 2. The molecule has 0 radical (unpaired) electrons. The van der Waals surface area contributed by atoms with Crippen LogP contribution in [0.3, 0.4) is 0 Å². The Morgan fingerprint density at radius 1 is 1.29 bits per heavy atom. The summed E-state index contributed by atoms with van der Waals surface area (Å²) in [6, 6.07) is 10.1. The number of nitrogens with zero attached hydrogens (tertiary/aromatic N) is 2. The Morgan fingerprint density at radius 2 is 2.08 bits per heavy atom. The molecular weight excluding hydrogens is 318 g/mol. The standard InChI is InChI=1S/C19H19N3OS/c1-19(2,18-20-9-10-24-18)22-17(23)16-14(12-7-8-12)11-13-5-3-4-6-15(13)21-16/h3-6,9-12H,7-8H2,1-2H3,(H,22,23). The summed E-state index contributed by atoms with van der Waals surface area (Å²) in [6.07, 6.45) is 4.03. The number of nitrogens with one attached hydrogen (secondary N) is 1. The minimum atomic E-state index is -0.514. The summed E-state index contributed by atoms with van der Waals surface area (Å²) in [7, 11) is 0. The van der Waals surface area contributed by atoms with Crippen LogP contribution in [0.2, 0.25) is 0 Å². The summed E-state index contributed by atoms with van der Waals surface area (Å²) in [4.78, 5) is 22.0. The van der Waals surface area contributed by atoms with Crippen LogP contribution in [0.15, 0.2) is 41.9 Å². The molecule has 2 aromatic heterocycles. The highest BCUT2D eigenvalue weighted by Crippen LogP contribution is 2.42. The van der Waals surface area contributed by atoms with Gasteiger partial charge < -0.3 is 5.32 Å². The lowest BCUT2D eigenvalue weighted by Crippen LogP contribution is -2.41. The van der Waals surface area contributed by atoms with Crippen molar-refractivity contribution in [2.75, 3.05) is 0 Å². The van der Waals surface area contributed by atoms with Crippen LogP contribution in [0.1, 0.15) is 53.7 Å². The Bertz CT molecular complexity index is 898. The molecule has 1 N–H and O–H groups in total. The van der Waals surface area contributed by atoms with Crippen molar-refractivity contribution in [1.29, 1.82) is 0 Å². The quantitative estimate of drug-likeness (QED) is 0.775. The van der Waals surface area contributed by atoms with Gasteiger partial charge in [0.2, 0.25) is 0 Å². The molecule has 2 heterocycles. The highest BCUT2D eigenvalue weighted by Gasteiger charge is 2.32. The van der Waals surface area contributed by atoms with Crippen molar-refractivity contribution in [3.8, 4) is 0 Å². The van der Waals surface area contributed by atoms with Crippen molar-refractivity contribution < 1.29 is 4.79 Å². The van der Waals surface area contributed by atoms with Crippen molar-refractivity contribution in [2.45, 2.75) is 38.1 Å². The molecule has 1 fully saturated rings. The first-order valence-electron chi connectivity index (χ1n) is 8.17. The van der Waals surface area contributed by atoms with Gasteiger partial charge in [0.15, 0.2) is 0 Å². The first-order valence-corrected chi connectivity index (χ1v) is 9.05. The number of fused-ring (bicyclic) bond motifs is 1. The molecule has 1 aromatic carbocycles. The number of pyridine rings is 1. The molecule has 1 amide bonds. The minimum absolute atomic E-state index is 0.122. The van der Waals surface area contributed by atoms with E-state index in [4.69, 9.17) is 0 Å². The predicted molar refractivity (Wildman–Crippen MR) is 96.3 cm³/mol. The van der Waals surface area contributed by atoms with Crippen LogP contribution in [-0.4, -0.2) is 15.9 Å². The smallest absolute Gasteiger partial charge is 0.270 e. The van der Waals surface area contributed by atoms with Gasteiger partial charge in [0.1, 0.15) is 10.7 Å². The Kier molecular flexibility index (Phi) is 3.61. The Hall–Kier alpha value is -2.27. The maximum absolute atomic E-state index is 13.0. The monoisotopic (exact) mass is 337 g/mol. The fourth-order valence-electron chi connectivity index (χ4n) is 2.95. The molecule has 4 nitrogen and oxygen atoms in total. The lowest BCUT2D eigenvalue weighted by Gasteiger charge is -2.24. The number of carbonyl (C=O) groups excluding carboxylic acids is 1. The summed E-state index contributed by atoms with van der Waals surface area (Å²) in [6.45, 7) is 3.95. The number of thiazole rings is 1. The third-order valence-corrected chi connectivity index (χ3v) is 5.48. The summed E-state index contributed by atoms with van der Waals surface area (Å²) in [5, 5.41) is 7.02. The first kappa shape index (κ1) is 15.3. The third-order valence-electron chi connectivity index (χ3n) is 4.38. The van der Waals surface area contributed by atoms with Gasteiger partial charge in [-0.3, -0.25) is 4.79 Å². The Morgan fingerprint density at radius 3 is 2.79 bits per heavy atom. The number of benzene rings is 1. The molecule has 1 aliphatic rings. The molecule has 122 valence electrons. The van der Waals surface area contributed by atoms with Gasteiger partial charge in [-0.25, -0.2) is 9.97 Å². The molecule has 24 heavy (non-hydrogen) atoms. The summed E-state index contributed by atoms with van der Waals surface area (Å²) in [5.41, 5.74) is 1.97. The highest BCUT2D eigenvalue weighted by molar-refractivity contribution is 7.09. The van der Waals surface area contributed by atoms with Gasteiger partial charge in [0.25, 0.3) is 5.91 Å². The molecule has 1 saturated carbocycles. The van der Waals surface area contributed by atoms with E-state index in [1.807, 2.05) is 37.4 Å². The Balaban J connectivity index is 1.72. The molecule has 0 spiro atoms. The van der Waals surface area contributed by atoms with Crippen LogP contribution in [0.5, 0.6) is 0 Å². The highest BCUT2D eigenvalue weighted by atomic mass is 32.1. The van der Waals surface area contributed by atoms with E-state index >= 15 is 0 Å². The summed E-state index contributed by atoms with van der Waals surface area (Å²) >= 11 is 1.55. The summed E-state index contributed by atoms with van der Waals surface area (Å²) in [5.74, 6) is 0.341. The molecule has 0 saturated heterocycles. The van der Waals surface area contributed by atoms with Gasteiger partial charge in [-0.2, -0.15) is 0 Å². The molecule has 0 bridgehead atoms. The molecule has 3 aromatic rings. The van der Waals surface area contributed by atoms with E-state index in [1.54, 1.807) is 17.5 Å². The number of hydrogen-bond acceptors (Lipinski definition) is 4. The van der Waals surface area contributed by atoms with Crippen LogP contribution < -0.4 is 5.32 Å². The van der Waals surface area contributed by atoms with Crippen LogP contribution in [0.25, 0.3) is 10.9 Å². The van der Waals surface area contributed by atoms with E-state index in [-0.39, 0.29) is 5.91 Å². The second-order valence-electron chi connectivity index (χ2n) is 6.81. The maximum atomic E-state index is 13.0. The van der Waals surface area contributed by atoms with Crippen LogP contribution >= 0.6 is 11.3 Å². The van der Waals surface area contributed by atoms with Crippen molar-refractivity contribution in [3.63, 3.8) is 0 Å². The number of carbonyl (C=O) groups is 1. The molecule has 5 heteroatoms.